The van der Waals surface area contributed by atoms with Gasteiger partial charge in [-0.05, 0) is 57.2 Å². The molecule has 112 valence electrons. The lowest BCUT2D eigenvalue weighted by molar-refractivity contribution is 0.109. The zero-order chi connectivity index (χ0) is 14.7. The fourth-order valence-corrected chi connectivity index (χ4v) is 3.97. The summed E-state index contributed by atoms with van der Waals surface area (Å²) in [5.41, 5.74) is 6.94. The van der Waals surface area contributed by atoms with Gasteiger partial charge in [-0.2, -0.15) is 5.26 Å². The molecule has 1 aliphatic carbocycles. The number of benzene rings is 1. The molecule has 3 rings (SSSR count). The number of nitriles is 1. The summed E-state index contributed by atoms with van der Waals surface area (Å²) in [4.78, 5) is 2.61. The van der Waals surface area contributed by atoms with Crippen molar-refractivity contribution in [2.75, 3.05) is 13.1 Å². The van der Waals surface area contributed by atoms with Gasteiger partial charge < -0.3 is 10.6 Å². The first-order valence-electron chi connectivity index (χ1n) is 8.20. The molecule has 3 nitrogen and oxygen atoms in total. The Morgan fingerprint density at radius 1 is 1.05 bits per heavy atom. The van der Waals surface area contributed by atoms with Crippen LogP contribution in [0.1, 0.15) is 44.1 Å². The molecule has 21 heavy (non-hydrogen) atoms. The van der Waals surface area contributed by atoms with Crippen molar-refractivity contribution in [1.29, 1.82) is 5.26 Å². The van der Waals surface area contributed by atoms with Crippen molar-refractivity contribution in [1.82, 2.24) is 4.90 Å². The minimum absolute atomic E-state index is 0.260. The molecule has 0 unspecified atom stereocenters. The number of nitrogens with zero attached hydrogens (tertiary/aromatic N) is 2. The maximum absolute atomic E-state index is 9.75. The van der Waals surface area contributed by atoms with Gasteiger partial charge >= 0.3 is 0 Å². The smallest absolute Gasteiger partial charge is 0.0823 e. The average Bonchev–Trinajstić information content (AvgIpc) is 2.56. The monoisotopic (exact) mass is 283 g/mol. The molecule has 0 amide bonds. The minimum Gasteiger partial charge on any atom is -0.328 e. The van der Waals surface area contributed by atoms with E-state index in [-0.39, 0.29) is 5.41 Å². The second-order valence-corrected chi connectivity index (χ2v) is 6.66. The number of piperidine rings is 1. The van der Waals surface area contributed by atoms with E-state index in [0.717, 1.165) is 51.6 Å². The van der Waals surface area contributed by atoms with Crippen LogP contribution in [0.2, 0.25) is 0 Å². The third-order valence-corrected chi connectivity index (χ3v) is 5.44. The van der Waals surface area contributed by atoms with E-state index in [1.54, 1.807) is 0 Å². The van der Waals surface area contributed by atoms with E-state index in [2.05, 4.69) is 23.1 Å². The summed E-state index contributed by atoms with van der Waals surface area (Å²) in [5.74, 6) is 0. The molecule has 1 heterocycles. The molecule has 0 atom stereocenters. The van der Waals surface area contributed by atoms with Gasteiger partial charge in [0.15, 0.2) is 0 Å². The van der Waals surface area contributed by atoms with Crippen LogP contribution in [-0.2, 0) is 5.41 Å². The summed E-state index contributed by atoms with van der Waals surface area (Å²) < 4.78 is 0. The molecule has 2 N–H and O–H groups in total. The van der Waals surface area contributed by atoms with Crippen molar-refractivity contribution < 1.29 is 0 Å². The number of hydrogen-bond acceptors (Lipinski definition) is 3. The molecule has 0 bridgehead atoms. The second-order valence-electron chi connectivity index (χ2n) is 6.66. The van der Waals surface area contributed by atoms with Crippen LogP contribution in [0.4, 0.5) is 0 Å². The largest absolute Gasteiger partial charge is 0.328 e. The van der Waals surface area contributed by atoms with Gasteiger partial charge in [0, 0.05) is 12.1 Å². The van der Waals surface area contributed by atoms with Gasteiger partial charge in [0.1, 0.15) is 0 Å². The van der Waals surface area contributed by atoms with Gasteiger partial charge in [0.05, 0.1) is 11.5 Å². The Labute approximate surface area is 127 Å². The predicted octanol–water partition coefficient (Wildman–Crippen LogP) is 2.81. The van der Waals surface area contributed by atoms with Gasteiger partial charge in [-0.15, -0.1) is 0 Å². The summed E-state index contributed by atoms with van der Waals surface area (Å²) in [5, 5.41) is 9.75. The molecular formula is C18H25N3. The molecule has 1 saturated heterocycles. The first-order chi connectivity index (χ1) is 10.2. The van der Waals surface area contributed by atoms with Gasteiger partial charge in [-0.3, -0.25) is 0 Å². The Bertz CT molecular complexity index is 489. The van der Waals surface area contributed by atoms with Crippen molar-refractivity contribution in [3.63, 3.8) is 0 Å². The van der Waals surface area contributed by atoms with E-state index in [1.807, 2.05) is 18.2 Å². The van der Waals surface area contributed by atoms with E-state index in [4.69, 9.17) is 5.73 Å². The lowest BCUT2D eigenvalue weighted by Gasteiger charge is -2.42. The molecule has 1 aromatic carbocycles. The predicted molar refractivity (Wildman–Crippen MR) is 84.8 cm³/mol. The lowest BCUT2D eigenvalue weighted by Crippen LogP contribution is -2.47. The van der Waals surface area contributed by atoms with Gasteiger partial charge in [0.25, 0.3) is 0 Å². The third kappa shape index (κ3) is 2.97. The summed E-state index contributed by atoms with van der Waals surface area (Å²) in [7, 11) is 0. The molecule has 1 aromatic rings. The maximum Gasteiger partial charge on any atom is 0.0823 e. The van der Waals surface area contributed by atoms with Crippen molar-refractivity contribution >= 4 is 0 Å². The van der Waals surface area contributed by atoms with E-state index < -0.39 is 0 Å². The van der Waals surface area contributed by atoms with E-state index in [0.29, 0.717) is 12.1 Å². The van der Waals surface area contributed by atoms with Crippen LogP contribution in [0.3, 0.4) is 0 Å². The highest BCUT2D eigenvalue weighted by Gasteiger charge is 2.38. The number of nitrogens with two attached hydrogens (primary N) is 1. The van der Waals surface area contributed by atoms with Crippen LogP contribution in [-0.4, -0.2) is 30.1 Å². The molecule has 1 aliphatic heterocycles. The quantitative estimate of drug-likeness (QED) is 0.908. The molecule has 3 heteroatoms. The molecule has 0 aromatic heterocycles. The van der Waals surface area contributed by atoms with Crippen molar-refractivity contribution in [2.24, 2.45) is 5.73 Å². The fraction of sp³-hybridized carbons (Fsp3) is 0.611. The summed E-state index contributed by atoms with van der Waals surface area (Å²) in [6.45, 7) is 2.27. The summed E-state index contributed by atoms with van der Waals surface area (Å²) in [6, 6.07) is 14.0. The molecular weight excluding hydrogens is 258 g/mol. The summed E-state index contributed by atoms with van der Waals surface area (Å²) >= 11 is 0. The van der Waals surface area contributed by atoms with Crippen LogP contribution in [0.15, 0.2) is 30.3 Å². The zero-order valence-electron chi connectivity index (χ0n) is 12.7. The van der Waals surface area contributed by atoms with Crippen LogP contribution in [0.5, 0.6) is 0 Å². The van der Waals surface area contributed by atoms with Crippen molar-refractivity contribution in [2.45, 2.75) is 56.0 Å². The number of rotatable bonds is 2. The normalized spacial score (nSPS) is 31.7. The molecule has 0 radical (unpaired) electrons. The first-order valence-corrected chi connectivity index (χ1v) is 8.20. The zero-order valence-corrected chi connectivity index (χ0v) is 12.7. The lowest BCUT2D eigenvalue weighted by atomic mass is 9.69. The van der Waals surface area contributed by atoms with Gasteiger partial charge in [0.2, 0.25) is 0 Å². The van der Waals surface area contributed by atoms with Gasteiger partial charge in [-0.25, -0.2) is 0 Å². The SMILES string of the molecule is N#CC1(c2ccccc2)CCC(N2CCC(N)CC2)CC1. The Kier molecular flexibility index (Phi) is 4.28. The first kappa shape index (κ1) is 14.6. The van der Waals surface area contributed by atoms with Gasteiger partial charge in [-0.1, -0.05) is 30.3 Å². The standard InChI is InChI=1S/C18H25N3/c19-14-18(15-4-2-1-3-5-15)10-6-17(7-11-18)21-12-8-16(20)9-13-21/h1-5,16-17H,6-13,20H2. The highest BCUT2D eigenvalue weighted by molar-refractivity contribution is 5.33. The number of likely N-dealkylation sites (tertiary alicyclic amines) is 1. The van der Waals surface area contributed by atoms with Crippen molar-refractivity contribution in [3.8, 4) is 6.07 Å². The minimum atomic E-state index is -0.260. The van der Waals surface area contributed by atoms with Crippen LogP contribution in [0.25, 0.3) is 0 Å². The Morgan fingerprint density at radius 3 is 2.24 bits per heavy atom. The Hall–Kier alpha value is -1.37. The highest BCUT2D eigenvalue weighted by atomic mass is 15.2. The van der Waals surface area contributed by atoms with Crippen LogP contribution in [0, 0.1) is 11.3 Å². The maximum atomic E-state index is 9.75. The molecule has 0 spiro atoms. The third-order valence-electron chi connectivity index (χ3n) is 5.44. The van der Waals surface area contributed by atoms with Crippen LogP contribution < -0.4 is 5.73 Å². The second kappa shape index (κ2) is 6.17. The van der Waals surface area contributed by atoms with Crippen molar-refractivity contribution in [3.05, 3.63) is 35.9 Å². The van der Waals surface area contributed by atoms with E-state index in [9.17, 15) is 5.26 Å². The summed E-state index contributed by atoms with van der Waals surface area (Å²) in [6.07, 6.45) is 6.49. The molecule has 2 fully saturated rings. The van der Waals surface area contributed by atoms with E-state index >= 15 is 0 Å². The Balaban J connectivity index is 1.65. The highest BCUT2D eigenvalue weighted by Crippen LogP contribution is 2.40. The van der Waals surface area contributed by atoms with E-state index in [1.165, 1.54) is 5.56 Å². The Morgan fingerprint density at radius 2 is 1.67 bits per heavy atom. The number of hydrogen-bond donors (Lipinski definition) is 1. The topological polar surface area (TPSA) is 53.0 Å². The average molecular weight is 283 g/mol. The van der Waals surface area contributed by atoms with Crippen LogP contribution >= 0.6 is 0 Å². The molecule has 2 aliphatic rings. The fourth-order valence-electron chi connectivity index (χ4n) is 3.97. The molecule has 1 saturated carbocycles.